The van der Waals surface area contributed by atoms with Crippen molar-refractivity contribution in [3.05, 3.63) is 41.5 Å². The number of morpholine rings is 1. The molecule has 0 spiro atoms. The van der Waals surface area contributed by atoms with Crippen LogP contribution in [0.5, 0.6) is 0 Å². The molecule has 5 nitrogen and oxygen atoms in total. The Hall–Kier alpha value is -1.44. The molecule has 1 aromatic carbocycles. The molecule has 0 N–H and O–H groups in total. The van der Waals surface area contributed by atoms with E-state index in [9.17, 15) is 4.39 Å². The molecule has 23 heavy (non-hydrogen) atoms. The highest BCUT2D eigenvalue weighted by Crippen LogP contribution is 2.19. The fourth-order valence-corrected chi connectivity index (χ4v) is 3.31. The Morgan fingerprint density at radius 2 is 2.22 bits per heavy atom. The molecule has 1 saturated heterocycles. The summed E-state index contributed by atoms with van der Waals surface area (Å²) in [5.74, 6) is 1.08. The van der Waals surface area contributed by atoms with E-state index in [2.05, 4.69) is 22.0 Å². The van der Waals surface area contributed by atoms with Gasteiger partial charge in [-0.15, -0.1) is 10.2 Å². The Morgan fingerprint density at radius 3 is 3.04 bits per heavy atom. The lowest BCUT2D eigenvalue weighted by atomic mass is 10.1. The van der Waals surface area contributed by atoms with Crippen LogP contribution in [0.4, 0.5) is 4.39 Å². The smallest absolute Gasteiger partial charge is 0.276 e. The molecule has 7 heteroatoms. The summed E-state index contributed by atoms with van der Waals surface area (Å²) in [5.41, 5.74) is 0.565. The van der Waals surface area contributed by atoms with Crippen LogP contribution in [0.1, 0.15) is 18.4 Å². The van der Waals surface area contributed by atoms with Crippen LogP contribution in [0.25, 0.3) is 0 Å². The predicted octanol–water partition coefficient (Wildman–Crippen LogP) is 2.61. The molecule has 0 aliphatic carbocycles. The van der Waals surface area contributed by atoms with Crippen LogP contribution in [-0.2, 0) is 11.2 Å². The molecule has 0 radical (unpaired) electrons. The van der Waals surface area contributed by atoms with Gasteiger partial charge in [0, 0.05) is 25.4 Å². The molecule has 124 valence electrons. The highest BCUT2D eigenvalue weighted by molar-refractivity contribution is 7.99. The fourth-order valence-electron chi connectivity index (χ4n) is 2.53. The van der Waals surface area contributed by atoms with Gasteiger partial charge >= 0.3 is 0 Å². The molecular weight excluding hydrogens is 317 g/mol. The van der Waals surface area contributed by atoms with Crippen LogP contribution in [-0.4, -0.2) is 53.2 Å². The number of rotatable bonds is 6. The third kappa shape index (κ3) is 4.76. The molecule has 1 aromatic heterocycles. The molecule has 2 aromatic rings. The first-order chi connectivity index (χ1) is 11.2. The van der Waals surface area contributed by atoms with Gasteiger partial charge in [-0.05, 0) is 18.6 Å². The molecule has 1 aliphatic heterocycles. The maximum Gasteiger partial charge on any atom is 0.276 e. The number of nitrogens with zero attached hydrogens (tertiary/aromatic N) is 3. The first-order valence-electron chi connectivity index (χ1n) is 7.73. The van der Waals surface area contributed by atoms with E-state index >= 15 is 0 Å². The average molecular weight is 337 g/mol. The largest absolute Gasteiger partial charge is 0.416 e. The molecule has 2 heterocycles. The normalized spacial score (nSPS) is 19.1. The van der Waals surface area contributed by atoms with E-state index in [-0.39, 0.29) is 5.82 Å². The SMILES string of the molecule is C[C@H]1CN(CCSc2nnc(Cc3ccccc3F)o2)CCO1. The minimum absolute atomic E-state index is 0.249. The summed E-state index contributed by atoms with van der Waals surface area (Å²) in [4.78, 5) is 2.37. The zero-order chi connectivity index (χ0) is 16.1. The highest BCUT2D eigenvalue weighted by atomic mass is 32.2. The Labute approximate surface area is 139 Å². The van der Waals surface area contributed by atoms with Crippen molar-refractivity contribution in [2.24, 2.45) is 0 Å². The highest BCUT2D eigenvalue weighted by Gasteiger charge is 2.16. The van der Waals surface area contributed by atoms with E-state index in [0.29, 0.717) is 29.2 Å². The van der Waals surface area contributed by atoms with Gasteiger partial charge in [0.15, 0.2) is 0 Å². The minimum atomic E-state index is -0.249. The molecule has 0 unspecified atom stereocenters. The van der Waals surface area contributed by atoms with E-state index in [4.69, 9.17) is 9.15 Å². The summed E-state index contributed by atoms with van der Waals surface area (Å²) in [6.45, 7) is 5.77. The molecule has 3 rings (SSSR count). The number of aromatic nitrogens is 2. The van der Waals surface area contributed by atoms with E-state index in [1.54, 1.807) is 18.2 Å². The van der Waals surface area contributed by atoms with Gasteiger partial charge in [0.2, 0.25) is 5.89 Å². The second-order valence-electron chi connectivity index (χ2n) is 5.56. The minimum Gasteiger partial charge on any atom is -0.416 e. The molecule has 1 aliphatic rings. The summed E-state index contributed by atoms with van der Waals surface area (Å²) in [6, 6.07) is 6.63. The topological polar surface area (TPSA) is 51.4 Å². The lowest BCUT2D eigenvalue weighted by molar-refractivity contribution is -0.0158. The molecule has 0 bridgehead atoms. The van der Waals surface area contributed by atoms with Crippen LogP contribution >= 0.6 is 11.8 Å². The zero-order valence-corrected chi connectivity index (χ0v) is 13.9. The first-order valence-corrected chi connectivity index (χ1v) is 8.72. The molecule has 1 fully saturated rings. The average Bonchev–Trinajstić information content (AvgIpc) is 2.97. The van der Waals surface area contributed by atoms with Crippen molar-refractivity contribution in [1.82, 2.24) is 15.1 Å². The summed E-state index contributed by atoms with van der Waals surface area (Å²) in [6.07, 6.45) is 0.617. The van der Waals surface area contributed by atoms with Crippen molar-refractivity contribution in [3.63, 3.8) is 0 Å². The Kier molecular flexibility index (Phi) is 5.64. The van der Waals surface area contributed by atoms with E-state index in [1.807, 2.05) is 0 Å². The summed E-state index contributed by atoms with van der Waals surface area (Å²) < 4.78 is 24.7. The number of benzene rings is 1. The Balaban J connectivity index is 1.47. The van der Waals surface area contributed by atoms with Crippen molar-refractivity contribution in [2.75, 3.05) is 32.0 Å². The number of halogens is 1. The van der Waals surface area contributed by atoms with Gasteiger partial charge in [0.25, 0.3) is 5.22 Å². The maximum atomic E-state index is 13.6. The number of thioether (sulfide) groups is 1. The standard InChI is InChI=1S/C16H20FN3O2S/c1-12-11-20(6-8-21-12)7-9-23-16-19-18-15(22-16)10-13-4-2-3-5-14(13)17/h2-5,12H,6-11H2,1H3/t12-/m0/s1. The van der Waals surface area contributed by atoms with Gasteiger partial charge in [-0.1, -0.05) is 30.0 Å². The van der Waals surface area contributed by atoms with E-state index in [1.165, 1.54) is 17.8 Å². The van der Waals surface area contributed by atoms with Crippen LogP contribution < -0.4 is 0 Å². The van der Waals surface area contributed by atoms with Crippen LogP contribution in [0.2, 0.25) is 0 Å². The van der Waals surface area contributed by atoms with Crippen LogP contribution in [0.15, 0.2) is 33.9 Å². The molecule has 0 saturated carbocycles. The van der Waals surface area contributed by atoms with Crippen molar-refractivity contribution < 1.29 is 13.5 Å². The van der Waals surface area contributed by atoms with Gasteiger partial charge in [0.1, 0.15) is 5.82 Å². The van der Waals surface area contributed by atoms with Gasteiger partial charge in [-0.2, -0.15) is 0 Å². The quantitative estimate of drug-likeness (QED) is 0.755. The number of hydrogen-bond donors (Lipinski definition) is 0. The Bertz CT molecular complexity index is 637. The van der Waals surface area contributed by atoms with Gasteiger partial charge in [-0.25, -0.2) is 4.39 Å². The van der Waals surface area contributed by atoms with Crippen molar-refractivity contribution >= 4 is 11.8 Å². The van der Waals surface area contributed by atoms with Crippen molar-refractivity contribution in [3.8, 4) is 0 Å². The molecule has 0 amide bonds. The Morgan fingerprint density at radius 1 is 1.35 bits per heavy atom. The summed E-state index contributed by atoms with van der Waals surface area (Å²) in [5, 5.41) is 8.55. The third-order valence-corrected chi connectivity index (χ3v) is 4.50. The summed E-state index contributed by atoms with van der Waals surface area (Å²) >= 11 is 1.53. The van der Waals surface area contributed by atoms with Gasteiger partial charge in [-0.3, -0.25) is 4.90 Å². The predicted molar refractivity (Wildman–Crippen MR) is 86.1 cm³/mol. The van der Waals surface area contributed by atoms with E-state index < -0.39 is 0 Å². The van der Waals surface area contributed by atoms with Crippen LogP contribution in [0, 0.1) is 5.82 Å². The molecular formula is C16H20FN3O2S. The van der Waals surface area contributed by atoms with Crippen molar-refractivity contribution in [2.45, 2.75) is 24.7 Å². The second-order valence-corrected chi connectivity index (χ2v) is 6.61. The van der Waals surface area contributed by atoms with Crippen molar-refractivity contribution in [1.29, 1.82) is 0 Å². The maximum absolute atomic E-state index is 13.6. The number of ether oxygens (including phenoxy) is 1. The van der Waals surface area contributed by atoms with Gasteiger partial charge < -0.3 is 9.15 Å². The second kappa shape index (κ2) is 7.90. The third-order valence-electron chi connectivity index (χ3n) is 3.71. The van der Waals surface area contributed by atoms with Crippen LogP contribution in [0.3, 0.4) is 0 Å². The van der Waals surface area contributed by atoms with Gasteiger partial charge in [0.05, 0.1) is 19.1 Å². The summed E-state index contributed by atoms with van der Waals surface area (Å²) in [7, 11) is 0. The lowest BCUT2D eigenvalue weighted by Crippen LogP contribution is -2.42. The number of hydrogen-bond acceptors (Lipinski definition) is 6. The first kappa shape index (κ1) is 16.4. The zero-order valence-electron chi connectivity index (χ0n) is 13.1. The fraction of sp³-hybridized carbons (Fsp3) is 0.500. The monoisotopic (exact) mass is 337 g/mol. The van der Waals surface area contributed by atoms with E-state index in [0.717, 1.165) is 32.0 Å². The lowest BCUT2D eigenvalue weighted by Gasteiger charge is -2.30. The molecule has 1 atom stereocenters.